The molecular formula is C13H20BrN3. The summed E-state index contributed by atoms with van der Waals surface area (Å²) in [5.74, 6) is 0. The minimum Gasteiger partial charge on any atom is -0.399 e. The van der Waals surface area contributed by atoms with Crippen LogP contribution in [0, 0.1) is 0 Å². The predicted molar refractivity (Wildman–Crippen MR) is 75.9 cm³/mol. The molecule has 4 heteroatoms. The van der Waals surface area contributed by atoms with Gasteiger partial charge in [-0.05, 0) is 24.2 Å². The van der Waals surface area contributed by atoms with E-state index in [4.69, 9.17) is 5.73 Å². The molecule has 0 bridgehead atoms. The van der Waals surface area contributed by atoms with E-state index in [1.807, 2.05) is 12.1 Å². The van der Waals surface area contributed by atoms with Gasteiger partial charge in [0.05, 0.1) is 0 Å². The van der Waals surface area contributed by atoms with Crippen molar-refractivity contribution in [1.29, 1.82) is 0 Å². The second-order valence-electron chi connectivity index (χ2n) is 4.56. The van der Waals surface area contributed by atoms with Gasteiger partial charge in [-0.1, -0.05) is 28.9 Å². The van der Waals surface area contributed by atoms with Crippen LogP contribution in [0.5, 0.6) is 0 Å². The number of nitrogen functional groups attached to an aromatic ring is 1. The summed E-state index contributed by atoms with van der Waals surface area (Å²) < 4.78 is 1.12. The van der Waals surface area contributed by atoms with Gasteiger partial charge in [-0.25, -0.2) is 0 Å². The minimum absolute atomic E-state index is 0.816. The van der Waals surface area contributed by atoms with Crippen LogP contribution >= 0.6 is 15.9 Å². The minimum atomic E-state index is 0.816. The molecule has 0 unspecified atom stereocenters. The van der Waals surface area contributed by atoms with Gasteiger partial charge in [0.1, 0.15) is 0 Å². The maximum Gasteiger partial charge on any atom is 0.0325 e. The molecule has 3 nitrogen and oxygen atoms in total. The third-order valence-electron chi connectivity index (χ3n) is 3.38. The molecule has 1 heterocycles. The molecule has 0 aliphatic carbocycles. The van der Waals surface area contributed by atoms with Crippen LogP contribution < -0.4 is 5.73 Å². The van der Waals surface area contributed by atoms with Crippen LogP contribution in [0.15, 0.2) is 22.7 Å². The van der Waals surface area contributed by atoms with Crippen LogP contribution in [0.25, 0.3) is 0 Å². The Morgan fingerprint density at radius 2 is 1.82 bits per heavy atom. The predicted octanol–water partition coefficient (Wildman–Crippen LogP) is 2.17. The lowest BCUT2D eigenvalue weighted by Gasteiger charge is -2.34. The number of hydrogen-bond donors (Lipinski definition) is 1. The number of nitrogens with two attached hydrogens (primary N) is 1. The second kappa shape index (κ2) is 5.85. The number of nitrogens with zero attached hydrogens (tertiary/aromatic N) is 2. The van der Waals surface area contributed by atoms with Gasteiger partial charge >= 0.3 is 0 Å². The molecule has 2 rings (SSSR count). The van der Waals surface area contributed by atoms with Gasteiger partial charge in [0.2, 0.25) is 0 Å². The Kier molecular flexibility index (Phi) is 4.42. The summed E-state index contributed by atoms with van der Waals surface area (Å²) in [5.41, 5.74) is 7.89. The number of likely N-dealkylation sites (N-methyl/N-ethyl adjacent to an activating group) is 1. The zero-order valence-corrected chi connectivity index (χ0v) is 11.9. The molecular weight excluding hydrogens is 278 g/mol. The Morgan fingerprint density at radius 1 is 1.18 bits per heavy atom. The summed E-state index contributed by atoms with van der Waals surface area (Å²) in [6, 6.07) is 6.08. The molecule has 1 aliphatic rings. The topological polar surface area (TPSA) is 32.5 Å². The van der Waals surface area contributed by atoms with E-state index in [9.17, 15) is 0 Å². The number of benzene rings is 1. The van der Waals surface area contributed by atoms with Gasteiger partial charge in [0.25, 0.3) is 0 Å². The highest BCUT2D eigenvalue weighted by Gasteiger charge is 2.16. The lowest BCUT2D eigenvalue weighted by molar-refractivity contribution is 0.132. The quantitative estimate of drug-likeness (QED) is 0.868. The highest BCUT2D eigenvalue weighted by molar-refractivity contribution is 9.10. The summed E-state index contributed by atoms with van der Waals surface area (Å²) >= 11 is 3.58. The van der Waals surface area contributed by atoms with Crippen LogP contribution in [0.1, 0.15) is 12.5 Å². The van der Waals surface area contributed by atoms with Gasteiger partial charge in [0, 0.05) is 42.9 Å². The number of halogens is 1. The van der Waals surface area contributed by atoms with Crippen molar-refractivity contribution in [2.45, 2.75) is 13.5 Å². The first kappa shape index (κ1) is 12.9. The first-order valence-corrected chi connectivity index (χ1v) is 6.97. The van der Waals surface area contributed by atoms with Gasteiger partial charge in [-0.3, -0.25) is 4.90 Å². The van der Waals surface area contributed by atoms with Gasteiger partial charge in [0.15, 0.2) is 0 Å². The van der Waals surface area contributed by atoms with E-state index < -0.39 is 0 Å². The monoisotopic (exact) mass is 297 g/mol. The van der Waals surface area contributed by atoms with Crippen molar-refractivity contribution < 1.29 is 0 Å². The lowest BCUT2D eigenvalue weighted by Crippen LogP contribution is -2.45. The van der Waals surface area contributed by atoms with E-state index in [0.717, 1.165) is 29.8 Å². The van der Waals surface area contributed by atoms with E-state index in [0.29, 0.717) is 0 Å². The largest absolute Gasteiger partial charge is 0.399 e. The number of hydrogen-bond acceptors (Lipinski definition) is 3. The second-order valence-corrected chi connectivity index (χ2v) is 5.42. The molecule has 0 aromatic heterocycles. The molecule has 1 saturated heterocycles. The molecule has 0 radical (unpaired) electrons. The van der Waals surface area contributed by atoms with Crippen molar-refractivity contribution in [3.63, 3.8) is 0 Å². The number of piperazine rings is 1. The Morgan fingerprint density at radius 3 is 2.41 bits per heavy atom. The fourth-order valence-electron chi connectivity index (χ4n) is 2.20. The fourth-order valence-corrected chi connectivity index (χ4v) is 2.72. The molecule has 1 aromatic carbocycles. The Hall–Kier alpha value is -0.580. The van der Waals surface area contributed by atoms with Crippen molar-refractivity contribution in [1.82, 2.24) is 9.80 Å². The Labute approximate surface area is 112 Å². The van der Waals surface area contributed by atoms with Crippen molar-refractivity contribution in [2.24, 2.45) is 0 Å². The average molecular weight is 298 g/mol. The summed E-state index contributed by atoms with van der Waals surface area (Å²) in [5, 5.41) is 0. The smallest absolute Gasteiger partial charge is 0.0325 e. The fraction of sp³-hybridized carbons (Fsp3) is 0.538. The normalized spacial score (nSPS) is 18.5. The van der Waals surface area contributed by atoms with Gasteiger partial charge in [-0.2, -0.15) is 0 Å². The van der Waals surface area contributed by atoms with Crippen LogP contribution in [-0.2, 0) is 6.54 Å². The van der Waals surface area contributed by atoms with E-state index in [1.54, 1.807) is 0 Å². The highest BCUT2D eigenvalue weighted by atomic mass is 79.9. The lowest BCUT2D eigenvalue weighted by atomic mass is 10.2. The summed E-state index contributed by atoms with van der Waals surface area (Å²) in [6.07, 6.45) is 0. The zero-order valence-electron chi connectivity index (χ0n) is 10.3. The first-order chi connectivity index (χ1) is 8.19. The Bertz CT molecular complexity index is 373. The number of anilines is 1. The SMILES string of the molecule is CCN1CCN(Cc2ccc(N)cc2Br)CC1. The molecule has 0 atom stereocenters. The van der Waals surface area contributed by atoms with Crippen molar-refractivity contribution in [3.05, 3.63) is 28.2 Å². The maximum absolute atomic E-state index is 5.75. The Balaban J connectivity index is 1.93. The van der Waals surface area contributed by atoms with Gasteiger partial charge < -0.3 is 10.6 Å². The van der Waals surface area contributed by atoms with Crippen LogP contribution in [0.4, 0.5) is 5.69 Å². The molecule has 1 fully saturated rings. The zero-order chi connectivity index (χ0) is 12.3. The third kappa shape index (κ3) is 3.44. The van der Waals surface area contributed by atoms with E-state index in [2.05, 4.69) is 38.7 Å². The highest BCUT2D eigenvalue weighted by Crippen LogP contribution is 2.21. The molecule has 1 aliphatic heterocycles. The molecule has 2 N–H and O–H groups in total. The van der Waals surface area contributed by atoms with Crippen molar-refractivity contribution in [3.8, 4) is 0 Å². The molecule has 0 spiro atoms. The summed E-state index contributed by atoms with van der Waals surface area (Å²) in [6.45, 7) is 9.09. The van der Waals surface area contributed by atoms with E-state index >= 15 is 0 Å². The molecule has 17 heavy (non-hydrogen) atoms. The van der Waals surface area contributed by atoms with Crippen molar-refractivity contribution >= 4 is 21.6 Å². The standard InChI is InChI=1S/C13H20BrN3/c1-2-16-5-7-17(8-6-16)10-11-3-4-12(15)9-13(11)14/h3-4,9H,2,5-8,10,15H2,1H3. The van der Waals surface area contributed by atoms with Crippen LogP contribution in [0.3, 0.4) is 0 Å². The molecule has 1 aromatic rings. The maximum atomic E-state index is 5.75. The molecule has 0 amide bonds. The van der Waals surface area contributed by atoms with Crippen LogP contribution in [0.2, 0.25) is 0 Å². The average Bonchev–Trinajstić information content (AvgIpc) is 2.34. The van der Waals surface area contributed by atoms with E-state index in [-0.39, 0.29) is 0 Å². The molecule has 0 saturated carbocycles. The van der Waals surface area contributed by atoms with Gasteiger partial charge in [-0.15, -0.1) is 0 Å². The summed E-state index contributed by atoms with van der Waals surface area (Å²) in [4.78, 5) is 5.00. The first-order valence-electron chi connectivity index (χ1n) is 6.17. The van der Waals surface area contributed by atoms with Crippen LogP contribution in [-0.4, -0.2) is 42.5 Å². The summed E-state index contributed by atoms with van der Waals surface area (Å²) in [7, 11) is 0. The van der Waals surface area contributed by atoms with E-state index in [1.165, 1.54) is 25.2 Å². The number of rotatable bonds is 3. The van der Waals surface area contributed by atoms with Crippen molar-refractivity contribution in [2.75, 3.05) is 38.5 Å². The third-order valence-corrected chi connectivity index (χ3v) is 4.12. The molecule has 94 valence electrons.